The van der Waals surface area contributed by atoms with E-state index in [9.17, 15) is 17.2 Å². The Morgan fingerprint density at radius 3 is 2.45 bits per heavy atom. The van der Waals surface area contributed by atoms with Crippen LogP contribution in [0.25, 0.3) is 11.1 Å². The molecule has 2 atom stereocenters. The number of hydrogen-bond acceptors (Lipinski definition) is 3. The molecule has 2 aromatic rings. The molecular weight excluding hydrogens is 449 g/mol. The van der Waals surface area contributed by atoms with Crippen LogP contribution in [0.15, 0.2) is 36.4 Å². The van der Waals surface area contributed by atoms with Crippen LogP contribution < -0.4 is 10.0 Å². The Kier molecular flexibility index (Phi) is 5.87. The summed E-state index contributed by atoms with van der Waals surface area (Å²) in [4.78, 5) is 0. The van der Waals surface area contributed by atoms with Gasteiger partial charge in [0.1, 0.15) is 17.5 Å². The van der Waals surface area contributed by atoms with E-state index in [1.165, 1.54) is 24.3 Å². The summed E-state index contributed by atoms with van der Waals surface area (Å²) in [7, 11) is -3.40. The quantitative estimate of drug-likeness (QED) is 0.669. The van der Waals surface area contributed by atoms with Crippen molar-refractivity contribution in [3.63, 3.8) is 0 Å². The molecule has 0 bridgehead atoms. The van der Waals surface area contributed by atoms with Gasteiger partial charge >= 0.3 is 0 Å². The highest BCUT2D eigenvalue weighted by Crippen LogP contribution is 2.53. The summed E-state index contributed by atoms with van der Waals surface area (Å²) in [5, 5.41) is 3.00. The van der Waals surface area contributed by atoms with Crippen molar-refractivity contribution in [2.45, 2.75) is 49.4 Å². The third-order valence-corrected chi connectivity index (χ3v) is 8.54. The topological polar surface area (TPSA) is 58.2 Å². The van der Waals surface area contributed by atoms with Gasteiger partial charge in [-0.3, -0.25) is 0 Å². The van der Waals surface area contributed by atoms with Crippen molar-refractivity contribution < 1.29 is 21.6 Å². The van der Waals surface area contributed by atoms with E-state index in [1.54, 1.807) is 0 Å². The zero-order chi connectivity index (χ0) is 21.1. The van der Waals surface area contributed by atoms with Crippen molar-refractivity contribution in [2.75, 3.05) is 6.54 Å². The van der Waals surface area contributed by atoms with Gasteiger partial charge < -0.3 is 5.32 Å². The van der Waals surface area contributed by atoms with Crippen LogP contribution >= 0.6 is 12.4 Å². The average molecular weight is 473 g/mol. The van der Waals surface area contributed by atoms with E-state index < -0.39 is 27.5 Å². The van der Waals surface area contributed by atoms with Crippen molar-refractivity contribution in [1.29, 1.82) is 0 Å². The second-order valence-corrected chi connectivity index (χ2v) is 10.8. The van der Waals surface area contributed by atoms with Gasteiger partial charge in [-0.1, -0.05) is 12.1 Å². The number of rotatable bonds is 6. The van der Waals surface area contributed by atoms with Gasteiger partial charge in [-0.05, 0) is 67.5 Å². The summed E-state index contributed by atoms with van der Waals surface area (Å²) in [5.74, 6) is -1.75. The number of nitrogens with one attached hydrogen (secondary N) is 2. The predicted octanol–water partition coefficient (Wildman–Crippen LogP) is 3.94. The van der Waals surface area contributed by atoms with Crippen molar-refractivity contribution >= 4 is 22.4 Å². The minimum atomic E-state index is -3.40. The second kappa shape index (κ2) is 8.06. The van der Waals surface area contributed by atoms with E-state index in [2.05, 4.69) is 10.0 Å². The monoisotopic (exact) mass is 472 g/mol. The van der Waals surface area contributed by atoms with Crippen molar-refractivity contribution in [1.82, 2.24) is 10.0 Å². The Bertz CT molecular complexity index is 1100. The van der Waals surface area contributed by atoms with Gasteiger partial charge in [-0.2, -0.15) is 0 Å². The zero-order valence-electron chi connectivity index (χ0n) is 16.7. The Morgan fingerprint density at radius 1 is 1.06 bits per heavy atom. The number of halogens is 4. The second-order valence-electron chi connectivity index (χ2n) is 8.83. The molecule has 1 spiro atoms. The van der Waals surface area contributed by atoms with Gasteiger partial charge in [0.25, 0.3) is 0 Å². The summed E-state index contributed by atoms with van der Waals surface area (Å²) in [6.45, 7) is 0.656. The molecule has 1 saturated heterocycles. The molecule has 0 aromatic heterocycles. The lowest BCUT2D eigenvalue weighted by molar-refractivity contribution is 0.405. The molecule has 9 heteroatoms. The van der Waals surface area contributed by atoms with Gasteiger partial charge in [0, 0.05) is 29.6 Å². The molecule has 1 aliphatic heterocycles. The maximum Gasteiger partial charge on any atom is 0.214 e. The third-order valence-electron chi connectivity index (χ3n) is 6.61. The highest BCUT2D eigenvalue weighted by molar-refractivity contribution is 7.90. The van der Waals surface area contributed by atoms with Crippen LogP contribution in [-0.4, -0.2) is 32.3 Å². The molecule has 3 aliphatic rings. The van der Waals surface area contributed by atoms with Crippen LogP contribution in [0.2, 0.25) is 0 Å². The van der Waals surface area contributed by atoms with Gasteiger partial charge in [0.05, 0.1) is 5.25 Å². The van der Waals surface area contributed by atoms with Gasteiger partial charge in [0.15, 0.2) is 0 Å². The highest BCUT2D eigenvalue weighted by Gasteiger charge is 2.58. The minimum absolute atomic E-state index is 0. The van der Waals surface area contributed by atoms with E-state index in [0.717, 1.165) is 25.0 Å². The zero-order valence-corrected chi connectivity index (χ0v) is 18.3. The Hall–Kier alpha value is -1.61. The SMILES string of the molecule is Cl.O=S(=O)(N[C@@H]1[C@H](Cc2cc(F)cc(-c3cccc(F)c3)c2F)NCC12CC2)C1CC1. The standard InChI is InChI=1S/C22H23F3N2O2S.ClH/c23-15-3-1-2-13(8-15)18-11-16(24)9-14(20(18)25)10-19-21(22(6-7-22)12-26-19)27-30(28,29)17-4-5-17;/h1-3,8-9,11,17,19,21,26-27H,4-7,10,12H2;1H/t19-,21+;/m0./s1. The first-order valence-electron chi connectivity index (χ1n) is 10.3. The molecule has 5 rings (SSSR count). The molecule has 4 nitrogen and oxygen atoms in total. The molecule has 168 valence electrons. The number of sulfonamides is 1. The van der Waals surface area contributed by atoms with Crippen molar-refractivity contribution in [3.8, 4) is 11.1 Å². The fourth-order valence-electron chi connectivity index (χ4n) is 4.58. The molecule has 3 fully saturated rings. The molecule has 0 radical (unpaired) electrons. The average Bonchev–Trinajstić information content (AvgIpc) is 3.59. The lowest BCUT2D eigenvalue weighted by Crippen LogP contribution is -2.48. The summed E-state index contributed by atoms with van der Waals surface area (Å²) < 4.78 is 71.2. The van der Waals surface area contributed by atoms with E-state index in [0.29, 0.717) is 19.4 Å². The lowest BCUT2D eigenvalue weighted by Gasteiger charge is -2.25. The van der Waals surface area contributed by atoms with Crippen LogP contribution in [0.3, 0.4) is 0 Å². The molecule has 0 amide bonds. The number of hydrogen-bond donors (Lipinski definition) is 2. The largest absolute Gasteiger partial charge is 0.311 e. The molecule has 1 heterocycles. The van der Waals surface area contributed by atoms with Crippen LogP contribution in [0.4, 0.5) is 13.2 Å². The van der Waals surface area contributed by atoms with E-state index in [1.807, 2.05) is 0 Å². The first-order chi connectivity index (χ1) is 14.3. The highest BCUT2D eigenvalue weighted by atomic mass is 35.5. The predicted molar refractivity (Wildman–Crippen MR) is 115 cm³/mol. The molecule has 31 heavy (non-hydrogen) atoms. The molecule has 2 aromatic carbocycles. The minimum Gasteiger partial charge on any atom is -0.311 e. The molecule has 2 aliphatic carbocycles. The van der Waals surface area contributed by atoms with Crippen LogP contribution in [-0.2, 0) is 16.4 Å². The van der Waals surface area contributed by atoms with Crippen molar-refractivity contribution in [2.24, 2.45) is 5.41 Å². The number of benzene rings is 2. The summed E-state index contributed by atoms with van der Waals surface area (Å²) in [6.07, 6.45) is 3.31. The van der Waals surface area contributed by atoms with E-state index in [4.69, 9.17) is 0 Å². The van der Waals surface area contributed by atoms with E-state index >= 15 is 4.39 Å². The van der Waals surface area contributed by atoms with Crippen LogP contribution in [0, 0.1) is 22.9 Å². The van der Waals surface area contributed by atoms with Gasteiger partial charge in [0.2, 0.25) is 10.0 Å². The Morgan fingerprint density at radius 2 is 1.81 bits per heavy atom. The maximum atomic E-state index is 15.3. The summed E-state index contributed by atoms with van der Waals surface area (Å²) in [6, 6.07) is 6.92. The maximum absolute atomic E-state index is 15.3. The summed E-state index contributed by atoms with van der Waals surface area (Å²) in [5.41, 5.74) is 0.276. The fraction of sp³-hybridized carbons (Fsp3) is 0.455. The first-order valence-corrected chi connectivity index (χ1v) is 11.8. The fourth-order valence-corrected chi connectivity index (χ4v) is 6.30. The van der Waals surface area contributed by atoms with Crippen LogP contribution in [0.1, 0.15) is 31.2 Å². The van der Waals surface area contributed by atoms with Gasteiger partial charge in [-0.25, -0.2) is 26.3 Å². The molecule has 0 unspecified atom stereocenters. The molecule has 2 saturated carbocycles. The lowest BCUT2D eigenvalue weighted by atomic mass is 9.91. The van der Waals surface area contributed by atoms with E-state index in [-0.39, 0.29) is 58.3 Å². The summed E-state index contributed by atoms with van der Waals surface area (Å²) >= 11 is 0. The van der Waals surface area contributed by atoms with Gasteiger partial charge in [-0.15, -0.1) is 12.4 Å². The van der Waals surface area contributed by atoms with Crippen molar-refractivity contribution in [3.05, 3.63) is 59.4 Å². The normalized spacial score (nSPS) is 24.2. The molecular formula is C22H24ClF3N2O2S. The Balaban J connectivity index is 0.00000231. The van der Waals surface area contributed by atoms with Crippen LogP contribution in [0.5, 0.6) is 0 Å². The Labute approximate surface area is 186 Å². The smallest absolute Gasteiger partial charge is 0.214 e. The third kappa shape index (κ3) is 4.35. The first kappa shape index (κ1) is 22.6. The molecule has 2 N–H and O–H groups in total.